The molecule has 0 aromatic carbocycles. The fraction of sp³-hybridized carbons (Fsp3) is 0.917. The van der Waals surface area contributed by atoms with Crippen molar-refractivity contribution in [1.29, 1.82) is 0 Å². The third kappa shape index (κ3) is 15.8. The highest BCUT2D eigenvalue weighted by Crippen LogP contribution is 2.15. The summed E-state index contributed by atoms with van der Waals surface area (Å²) >= 11 is 0. The summed E-state index contributed by atoms with van der Waals surface area (Å²) in [7, 11) is 1.45. The lowest BCUT2D eigenvalue weighted by molar-refractivity contribution is -0.143. The van der Waals surface area contributed by atoms with Crippen molar-refractivity contribution in [3.05, 3.63) is 0 Å². The number of hydrogen-bond donors (Lipinski definition) is 2. The Bertz CT molecular complexity index is 270. The molecule has 8 heteroatoms. The number of nitrogens with two attached hydrogens (primary N) is 1. The summed E-state index contributed by atoms with van der Waals surface area (Å²) in [6, 6.07) is 0. The number of nitrogens with one attached hydrogen (secondary N) is 1. The maximum absolute atomic E-state index is 12.0. The van der Waals surface area contributed by atoms with Gasteiger partial charge in [-0.2, -0.15) is 13.2 Å². The molecule has 0 rings (SSSR count). The molecule has 0 aromatic rings. The predicted octanol–water partition coefficient (Wildman–Crippen LogP) is 2.44. The van der Waals surface area contributed by atoms with Crippen LogP contribution in [0, 0.1) is 5.92 Å². The van der Waals surface area contributed by atoms with Crippen LogP contribution in [0.15, 0.2) is 4.99 Å². The summed E-state index contributed by atoms with van der Waals surface area (Å²) in [5.41, 5.74) is 5.62. The van der Waals surface area contributed by atoms with Crippen molar-refractivity contribution in [3.63, 3.8) is 0 Å². The van der Waals surface area contributed by atoms with Crippen LogP contribution in [-0.4, -0.2) is 50.3 Å². The van der Waals surface area contributed by atoms with E-state index >= 15 is 0 Å². The van der Waals surface area contributed by atoms with E-state index < -0.39 is 12.7 Å². The zero-order chi connectivity index (χ0) is 14.9. The molecule has 20 heavy (non-hydrogen) atoms. The molecular formula is C12H26F3IN4. The van der Waals surface area contributed by atoms with Gasteiger partial charge in [-0.05, 0) is 32.4 Å². The summed E-state index contributed by atoms with van der Waals surface area (Å²) < 4.78 is 36.1. The van der Waals surface area contributed by atoms with Crippen LogP contribution in [0.5, 0.6) is 0 Å². The Kier molecular flexibility index (Phi) is 12.6. The molecule has 0 aliphatic rings. The van der Waals surface area contributed by atoms with Gasteiger partial charge in [0.15, 0.2) is 5.96 Å². The fourth-order valence-corrected chi connectivity index (χ4v) is 1.47. The first-order chi connectivity index (χ1) is 8.70. The zero-order valence-corrected chi connectivity index (χ0v) is 14.7. The molecule has 0 amide bonds. The highest BCUT2D eigenvalue weighted by molar-refractivity contribution is 14.0. The van der Waals surface area contributed by atoms with E-state index in [1.165, 1.54) is 11.9 Å². The van der Waals surface area contributed by atoms with Crippen LogP contribution in [-0.2, 0) is 0 Å². The van der Waals surface area contributed by atoms with Crippen molar-refractivity contribution in [2.45, 2.75) is 32.9 Å². The molecule has 0 atom stereocenters. The lowest BCUT2D eigenvalue weighted by atomic mass is 10.1. The molecule has 0 aromatic heterocycles. The van der Waals surface area contributed by atoms with E-state index in [2.05, 4.69) is 24.2 Å². The van der Waals surface area contributed by atoms with Crippen LogP contribution in [0.1, 0.15) is 26.7 Å². The molecule has 0 fully saturated rings. The molecule has 4 nitrogen and oxygen atoms in total. The van der Waals surface area contributed by atoms with Crippen LogP contribution in [0.4, 0.5) is 13.2 Å². The molecule has 0 bridgehead atoms. The summed E-state index contributed by atoms with van der Waals surface area (Å²) in [6.45, 7) is 4.89. The van der Waals surface area contributed by atoms with Crippen molar-refractivity contribution in [2.24, 2.45) is 16.6 Å². The Morgan fingerprint density at radius 3 is 2.45 bits per heavy atom. The molecule has 0 radical (unpaired) electrons. The first-order valence-electron chi connectivity index (χ1n) is 6.50. The number of halogens is 4. The van der Waals surface area contributed by atoms with Crippen molar-refractivity contribution >= 4 is 29.9 Å². The van der Waals surface area contributed by atoms with Crippen molar-refractivity contribution in [1.82, 2.24) is 10.2 Å². The maximum atomic E-state index is 12.0. The van der Waals surface area contributed by atoms with E-state index in [9.17, 15) is 13.2 Å². The van der Waals surface area contributed by atoms with Crippen LogP contribution < -0.4 is 11.1 Å². The van der Waals surface area contributed by atoms with Gasteiger partial charge in [0.25, 0.3) is 0 Å². The molecule has 0 saturated heterocycles. The fourth-order valence-electron chi connectivity index (χ4n) is 1.47. The monoisotopic (exact) mass is 410 g/mol. The quantitative estimate of drug-likeness (QED) is 0.280. The van der Waals surface area contributed by atoms with Crippen LogP contribution >= 0.6 is 24.0 Å². The number of guanidine groups is 1. The third-order valence-electron chi connectivity index (χ3n) is 2.46. The minimum absolute atomic E-state index is 0. The van der Waals surface area contributed by atoms with Crippen LogP contribution in [0.3, 0.4) is 0 Å². The molecule has 0 aliphatic heterocycles. The molecule has 0 heterocycles. The Hall–Kier alpha value is -0.250. The van der Waals surface area contributed by atoms with Gasteiger partial charge in [0.05, 0.1) is 6.54 Å². The zero-order valence-electron chi connectivity index (χ0n) is 12.3. The number of alkyl halides is 3. The molecule has 0 saturated carbocycles. The lowest BCUT2D eigenvalue weighted by Crippen LogP contribution is -2.34. The Labute approximate surface area is 136 Å². The minimum atomic E-state index is -4.14. The van der Waals surface area contributed by atoms with E-state index in [4.69, 9.17) is 5.73 Å². The summed E-state index contributed by atoms with van der Waals surface area (Å²) in [4.78, 5) is 5.30. The first kappa shape index (κ1) is 22.0. The predicted molar refractivity (Wildman–Crippen MR) is 87.5 cm³/mol. The molecule has 0 aliphatic carbocycles. The standard InChI is InChI=1S/C12H25F3N4.HI/c1-10(2)5-7-18-11(16)17-6-4-8-19(3)9-12(13,14)15;/h10H,4-9H2,1-3H3,(H3,16,17,18);1H. The van der Waals surface area contributed by atoms with Gasteiger partial charge in [0.1, 0.15) is 0 Å². The van der Waals surface area contributed by atoms with Gasteiger partial charge >= 0.3 is 6.18 Å². The second-order valence-electron chi connectivity index (χ2n) is 5.08. The van der Waals surface area contributed by atoms with Gasteiger partial charge in [-0.15, -0.1) is 24.0 Å². The van der Waals surface area contributed by atoms with Gasteiger partial charge in [0, 0.05) is 13.1 Å². The molecular weight excluding hydrogens is 384 g/mol. The summed E-state index contributed by atoms with van der Waals surface area (Å²) in [5.74, 6) is 0.954. The Balaban J connectivity index is 0. The first-order valence-corrected chi connectivity index (χ1v) is 6.50. The molecule has 0 spiro atoms. The van der Waals surface area contributed by atoms with E-state index in [0.717, 1.165) is 13.0 Å². The number of rotatable bonds is 8. The molecule has 3 N–H and O–H groups in total. The van der Waals surface area contributed by atoms with Gasteiger partial charge in [0.2, 0.25) is 0 Å². The highest BCUT2D eigenvalue weighted by Gasteiger charge is 2.28. The molecule has 0 unspecified atom stereocenters. The average molecular weight is 410 g/mol. The minimum Gasteiger partial charge on any atom is -0.370 e. The topological polar surface area (TPSA) is 53.6 Å². The van der Waals surface area contributed by atoms with Gasteiger partial charge in [-0.3, -0.25) is 9.89 Å². The Morgan fingerprint density at radius 2 is 1.95 bits per heavy atom. The maximum Gasteiger partial charge on any atom is 0.401 e. The summed E-state index contributed by atoms with van der Waals surface area (Å²) in [5, 5.41) is 2.97. The van der Waals surface area contributed by atoms with Crippen molar-refractivity contribution in [2.75, 3.05) is 33.2 Å². The normalized spacial score (nSPS) is 12.7. The lowest BCUT2D eigenvalue weighted by Gasteiger charge is -2.17. The van der Waals surface area contributed by atoms with E-state index in [0.29, 0.717) is 31.4 Å². The summed E-state index contributed by atoms with van der Waals surface area (Å²) in [6.07, 6.45) is -2.58. The van der Waals surface area contributed by atoms with Crippen molar-refractivity contribution in [3.8, 4) is 0 Å². The SMILES string of the molecule is CC(C)CCNC(N)=NCCCN(C)CC(F)(F)F.I. The third-order valence-corrected chi connectivity index (χ3v) is 2.46. The number of aliphatic imine (C=N–C) groups is 1. The van der Waals surface area contributed by atoms with Gasteiger partial charge < -0.3 is 11.1 Å². The Morgan fingerprint density at radius 1 is 1.35 bits per heavy atom. The second kappa shape index (κ2) is 11.4. The van der Waals surface area contributed by atoms with Crippen molar-refractivity contribution < 1.29 is 13.2 Å². The van der Waals surface area contributed by atoms with E-state index in [-0.39, 0.29) is 24.0 Å². The number of nitrogens with zero attached hydrogens (tertiary/aromatic N) is 2. The van der Waals surface area contributed by atoms with Crippen LogP contribution in [0.25, 0.3) is 0 Å². The number of hydrogen-bond acceptors (Lipinski definition) is 2. The highest BCUT2D eigenvalue weighted by atomic mass is 127. The second-order valence-corrected chi connectivity index (χ2v) is 5.08. The van der Waals surface area contributed by atoms with Gasteiger partial charge in [-0.25, -0.2) is 0 Å². The average Bonchev–Trinajstić information content (AvgIpc) is 2.21. The largest absolute Gasteiger partial charge is 0.401 e. The molecule has 122 valence electrons. The van der Waals surface area contributed by atoms with E-state index in [1.54, 1.807) is 0 Å². The smallest absolute Gasteiger partial charge is 0.370 e. The van der Waals surface area contributed by atoms with E-state index in [1.807, 2.05) is 0 Å². The van der Waals surface area contributed by atoms with Gasteiger partial charge in [-0.1, -0.05) is 13.8 Å². The van der Waals surface area contributed by atoms with Crippen LogP contribution in [0.2, 0.25) is 0 Å².